The highest BCUT2D eigenvalue weighted by molar-refractivity contribution is 5.96. The minimum absolute atomic E-state index is 0. The van der Waals surface area contributed by atoms with E-state index in [0.29, 0.717) is 0 Å². The van der Waals surface area contributed by atoms with Gasteiger partial charge in [0.25, 0.3) is 0 Å². The van der Waals surface area contributed by atoms with Crippen molar-refractivity contribution in [2.45, 2.75) is 6.92 Å². The molecular weight excluding hydrogens is 218 g/mol. The van der Waals surface area contributed by atoms with Gasteiger partial charge >= 0.3 is 0 Å². The van der Waals surface area contributed by atoms with E-state index in [4.69, 9.17) is 0 Å². The second-order valence-corrected chi connectivity index (χ2v) is 4.40. The van der Waals surface area contributed by atoms with Gasteiger partial charge in [0.2, 0.25) is 0 Å². The Balaban J connectivity index is 0.00000120. The molecule has 3 aromatic carbocycles. The van der Waals surface area contributed by atoms with Crippen LogP contribution in [0.4, 0.5) is 0 Å². The number of benzene rings is 3. The van der Waals surface area contributed by atoms with E-state index in [1.807, 2.05) is 0 Å². The fourth-order valence-electron chi connectivity index (χ4n) is 2.26. The van der Waals surface area contributed by atoms with Crippen LogP contribution < -0.4 is 6.15 Å². The molecule has 0 aliphatic carbocycles. The van der Waals surface area contributed by atoms with E-state index in [2.05, 4.69) is 73.7 Å². The molecule has 3 aromatic rings. The summed E-state index contributed by atoms with van der Waals surface area (Å²) in [7, 11) is 0. The van der Waals surface area contributed by atoms with Gasteiger partial charge in [-0.05, 0) is 28.8 Å². The first-order valence-corrected chi connectivity index (χ1v) is 5.89. The van der Waals surface area contributed by atoms with Crippen LogP contribution in [-0.2, 0) is 0 Å². The molecule has 0 unspecified atom stereocenters. The molecule has 0 spiro atoms. The number of hydrogen-bond donors (Lipinski definition) is 1. The maximum Gasteiger partial charge on any atom is -0.0103 e. The molecule has 1 nitrogen and oxygen atoms in total. The highest BCUT2D eigenvalue weighted by atomic mass is 14.1. The normalized spacial score (nSPS) is 10.1. The topological polar surface area (TPSA) is 35.0 Å². The lowest BCUT2D eigenvalue weighted by Crippen LogP contribution is -1.82. The van der Waals surface area contributed by atoms with Gasteiger partial charge in [0.05, 0.1) is 0 Å². The van der Waals surface area contributed by atoms with E-state index >= 15 is 0 Å². The molecule has 0 bridgehead atoms. The standard InChI is InChI=1S/C17H14.H3N/c1-13-10-11-15-8-5-9-16(17(15)12-13)14-6-3-2-4-7-14;/h2-12H,1H3;1H3. The van der Waals surface area contributed by atoms with Gasteiger partial charge in [-0.25, -0.2) is 0 Å². The summed E-state index contributed by atoms with van der Waals surface area (Å²) in [4.78, 5) is 0. The second kappa shape index (κ2) is 5.03. The van der Waals surface area contributed by atoms with Crippen LogP contribution in [0.5, 0.6) is 0 Å². The Labute approximate surface area is 108 Å². The summed E-state index contributed by atoms with van der Waals surface area (Å²) < 4.78 is 0. The van der Waals surface area contributed by atoms with Gasteiger partial charge in [0.15, 0.2) is 0 Å². The summed E-state index contributed by atoms with van der Waals surface area (Å²) in [5.74, 6) is 0. The van der Waals surface area contributed by atoms with Crippen molar-refractivity contribution in [3.8, 4) is 11.1 Å². The first kappa shape index (κ1) is 12.3. The molecule has 18 heavy (non-hydrogen) atoms. The van der Waals surface area contributed by atoms with Crippen molar-refractivity contribution in [3.05, 3.63) is 72.3 Å². The van der Waals surface area contributed by atoms with Crippen LogP contribution in [-0.4, -0.2) is 0 Å². The van der Waals surface area contributed by atoms with Crippen molar-refractivity contribution in [2.24, 2.45) is 0 Å². The van der Waals surface area contributed by atoms with Gasteiger partial charge in [-0.2, -0.15) is 0 Å². The number of fused-ring (bicyclic) bond motifs is 1. The summed E-state index contributed by atoms with van der Waals surface area (Å²) in [6.07, 6.45) is 0. The van der Waals surface area contributed by atoms with Crippen LogP contribution in [0.2, 0.25) is 0 Å². The highest BCUT2D eigenvalue weighted by Crippen LogP contribution is 2.28. The molecule has 0 radical (unpaired) electrons. The molecule has 3 rings (SSSR count). The Morgan fingerprint density at radius 1 is 0.722 bits per heavy atom. The quantitative estimate of drug-likeness (QED) is 0.634. The van der Waals surface area contributed by atoms with Crippen LogP contribution in [0.15, 0.2) is 66.7 Å². The van der Waals surface area contributed by atoms with Crippen molar-refractivity contribution in [1.29, 1.82) is 0 Å². The Hall–Kier alpha value is -2.12. The van der Waals surface area contributed by atoms with Crippen LogP contribution in [0.1, 0.15) is 5.56 Å². The molecule has 0 atom stereocenters. The Morgan fingerprint density at radius 3 is 2.28 bits per heavy atom. The lowest BCUT2D eigenvalue weighted by atomic mass is 9.97. The molecule has 0 aliphatic rings. The summed E-state index contributed by atoms with van der Waals surface area (Å²) in [6.45, 7) is 2.14. The molecule has 1 heteroatoms. The van der Waals surface area contributed by atoms with E-state index in [-0.39, 0.29) is 6.15 Å². The first-order valence-electron chi connectivity index (χ1n) is 5.89. The Morgan fingerprint density at radius 2 is 1.50 bits per heavy atom. The van der Waals surface area contributed by atoms with Gasteiger partial charge < -0.3 is 6.15 Å². The predicted molar refractivity (Wildman–Crippen MR) is 79.1 cm³/mol. The SMILES string of the molecule is Cc1ccc2cccc(-c3ccccc3)c2c1.N. The number of hydrogen-bond acceptors (Lipinski definition) is 1. The summed E-state index contributed by atoms with van der Waals surface area (Å²) in [6, 6.07) is 23.7. The minimum Gasteiger partial charge on any atom is -0.344 e. The largest absolute Gasteiger partial charge is 0.344 e. The maximum atomic E-state index is 2.26. The van der Waals surface area contributed by atoms with Crippen molar-refractivity contribution in [1.82, 2.24) is 6.15 Å². The zero-order chi connectivity index (χ0) is 11.7. The average Bonchev–Trinajstić information content (AvgIpc) is 2.39. The highest BCUT2D eigenvalue weighted by Gasteiger charge is 2.02. The fourth-order valence-corrected chi connectivity index (χ4v) is 2.26. The van der Waals surface area contributed by atoms with Crippen molar-refractivity contribution >= 4 is 10.8 Å². The molecule has 0 saturated heterocycles. The monoisotopic (exact) mass is 235 g/mol. The zero-order valence-corrected chi connectivity index (χ0v) is 10.6. The van der Waals surface area contributed by atoms with E-state index in [1.54, 1.807) is 0 Å². The van der Waals surface area contributed by atoms with Crippen LogP contribution in [0.25, 0.3) is 21.9 Å². The molecule has 0 saturated carbocycles. The average molecular weight is 235 g/mol. The maximum absolute atomic E-state index is 2.26. The third-order valence-electron chi connectivity index (χ3n) is 3.12. The Bertz CT molecular complexity index is 657. The molecular formula is C17H17N. The molecule has 0 heterocycles. The molecule has 0 aromatic heterocycles. The first-order chi connectivity index (χ1) is 8.34. The van der Waals surface area contributed by atoms with Crippen LogP contribution in [0.3, 0.4) is 0 Å². The van der Waals surface area contributed by atoms with Crippen molar-refractivity contribution < 1.29 is 0 Å². The van der Waals surface area contributed by atoms with E-state index in [1.165, 1.54) is 27.5 Å². The van der Waals surface area contributed by atoms with E-state index in [9.17, 15) is 0 Å². The molecule has 90 valence electrons. The van der Waals surface area contributed by atoms with Crippen LogP contribution >= 0.6 is 0 Å². The molecule has 0 fully saturated rings. The van der Waals surface area contributed by atoms with Gasteiger partial charge in [-0.1, -0.05) is 72.3 Å². The number of rotatable bonds is 1. The fraction of sp³-hybridized carbons (Fsp3) is 0.0588. The lowest BCUT2D eigenvalue weighted by molar-refractivity contribution is 1.50. The van der Waals surface area contributed by atoms with Gasteiger partial charge in [0.1, 0.15) is 0 Å². The van der Waals surface area contributed by atoms with Gasteiger partial charge in [-0.15, -0.1) is 0 Å². The third-order valence-corrected chi connectivity index (χ3v) is 3.12. The van der Waals surface area contributed by atoms with E-state index < -0.39 is 0 Å². The smallest absolute Gasteiger partial charge is 0.0103 e. The number of aryl methyl sites for hydroxylation is 1. The summed E-state index contributed by atoms with van der Waals surface area (Å²) in [5, 5.41) is 2.63. The minimum atomic E-state index is 0. The second-order valence-electron chi connectivity index (χ2n) is 4.40. The summed E-state index contributed by atoms with van der Waals surface area (Å²) in [5.41, 5.74) is 3.90. The third kappa shape index (κ3) is 2.13. The Kier molecular flexibility index (Phi) is 3.45. The summed E-state index contributed by atoms with van der Waals surface area (Å²) >= 11 is 0. The molecule has 0 amide bonds. The van der Waals surface area contributed by atoms with Crippen LogP contribution in [0, 0.1) is 6.92 Å². The predicted octanol–water partition coefficient (Wildman–Crippen LogP) is 4.98. The van der Waals surface area contributed by atoms with Crippen molar-refractivity contribution in [2.75, 3.05) is 0 Å². The zero-order valence-electron chi connectivity index (χ0n) is 10.6. The van der Waals surface area contributed by atoms with E-state index in [0.717, 1.165) is 0 Å². The lowest BCUT2D eigenvalue weighted by Gasteiger charge is -2.07. The molecule has 0 aliphatic heterocycles. The van der Waals surface area contributed by atoms with Gasteiger partial charge in [-0.3, -0.25) is 0 Å². The van der Waals surface area contributed by atoms with Crippen molar-refractivity contribution in [3.63, 3.8) is 0 Å². The molecule has 3 N–H and O–H groups in total. The van der Waals surface area contributed by atoms with Gasteiger partial charge in [0, 0.05) is 0 Å².